The molecule has 4 aromatic heterocycles. The lowest BCUT2D eigenvalue weighted by molar-refractivity contribution is 0.232. The molecule has 5 aromatic rings. The summed E-state index contributed by atoms with van der Waals surface area (Å²) in [5.74, 6) is 1.38. The molecule has 2 N–H and O–H groups in total. The first kappa shape index (κ1) is 21.3. The third-order valence-electron chi connectivity index (χ3n) is 7.76. The number of hydrogen-bond donors (Lipinski definition) is 1. The Morgan fingerprint density at radius 3 is 2.69 bits per heavy atom. The summed E-state index contributed by atoms with van der Waals surface area (Å²) in [7, 11) is 0. The van der Waals surface area contributed by atoms with Crippen LogP contribution in [0, 0.1) is 12.3 Å². The van der Waals surface area contributed by atoms with Crippen LogP contribution in [-0.4, -0.2) is 32.4 Å². The summed E-state index contributed by atoms with van der Waals surface area (Å²) in [6.45, 7) is 4.25. The molecule has 0 amide bonds. The summed E-state index contributed by atoms with van der Waals surface area (Å²) in [4.78, 5) is 18.2. The summed E-state index contributed by atoms with van der Waals surface area (Å²) in [6.07, 6.45) is 8.45. The predicted octanol–water partition coefficient (Wildman–Crippen LogP) is 5.80. The Labute approximate surface area is 212 Å². The molecular weight excluding hydrogens is 476 g/mol. The Hall–Kier alpha value is -3.03. The van der Waals surface area contributed by atoms with E-state index in [1.165, 1.54) is 31.2 Å². The first-order chi connectivity index (χ1) is 17.0. The number of halogens is 1. The van der Waals surface area contributed by atoms with Gasteiger partial charge in [0, 0.05) is 24.2 Å². The number of benzene rings is 1. The van der Waals surface area contributed by atoms with Crippen molar-refractivity contribution in [3.63, 3.8) is 0 Å². The van der Waals surface area contributed by atoms with Crippen molar-refractivity contribution in [2.75, 3.05) is 23.7 Å². The molecule has 1 aliphatic heterocycles. The minimum Gasteiger partial charge on any atom is -0.382 e. The Morgan fingerprint density at radius 1 is 1.00 bits per heavy atom. The van der Waals surface area contributed by atoms with Crippen molar-refractivity contribution >= 4 is 51.8 Å². The van der Waals surface area contributed by atoms with Gasteiger partial charge >= 0.3 is 0 Å². The zero-order valence-electron chi connectivity index (χ0n) is 19.5. The number of fused-ring (bicyclic) bond motifs is 1. The average molecular weight is 501 g/mol. The van der Waals surface area contributed by atoms with E-state index in [9.17, 15) is 0 Å². The first-order valence-corrected chi connectivity index (χ1v) is 13.2. The van der Waals surface area contributed by atoms with Gasteiger partial charge in [0.05, 0.1) is 16.1 Å². The van der Waals surface area contributed by atoms with Crippen LogP contribution < -0.4 is 10.6 Å². The van der Waals surface area contributed by atoms with Crippen LogP contribution in [0.3, 0.4) is 0 Å². The monoisotopic (exact) mass is 500 g/mol. The number of hydrogen-bond acceptors (Lipinski definition) is 6. The fraction of sp³-hybridized carbons (Fsp3) is 0.296. The van der Waals surface area contributed by atoms with E-state index in [0.717, 1.165) is 45.5 Å². The summed E-state index contributed by atoms with van der Waals surface area (Å²) in [5, 5.41) is 0.477. The van der Waals surface area contributed by atoms with E-state index in [4.69, 9.17) is 27.3 Å². The van der Waals surface area contributed by atoms with Gasteiger partial charge in [0.25, 0.3) is 0 Å². The van der Waals surface area contributed by atoms with Crippen molar-refractivity contribution in [3.8, 4) is 0 Å². The molecule has 1 fully saturated rings. The summed E-state index contributed by atoms with van der Waals surface area (Å²) >= 11 is 7.94. The number of rotatable bonds is 3. The standard InChI is InChI=1S/C27H25ClN6S/c1-16-2-3-17-13-27(14-18(17)12-16)7-10-33(11-8-27)25-19-15-31-26-21(4-5-22(32-25)34(19)26)35-20-6-9-30-24(29)23(20)28/h2-6,9,12,15H,7-8,10-11,13-14H2,1H3,(H2,29,30). The molecule has 35 heavy (non-hydrogen) atoms. The molecule has 8 heteroatoms. The van der Waals surface area contributed by atoms with Gasteiger partial charge in [0.1, 0.15) is 17.0 Å². The molecular formula is C27H25ClN6S. The van der Waals surface area contributed by atoms with Crippen LogP contribution in [0.1, 0.15) is 29.5 Å². The van der Waals surface area contributed by atoms with Crippen LogP contribution in [-0.2, 0) is 12.8 Å². The lowest BCUT2D eigenvalue weighted by Gasteiger charge is -2.39. The Bertz CT molecular complexity index is 1590. The molecule has 1 spiro atoms. The fourth-order valence-corrected chi connectivity index (χ4v) is 7.09. The molecule has 2 aliphatic rings. The number of pyridine rings is 2. The molecule has 0 bridgehead atoms. The summed E-state index contributed by atoms with van der Waals surface area (Å²) < 4.78 is 2.16. The van der Waals surface area contributed by atoms with E-state index in [1.807, 2.05) is 12.3 Å². The van der Waals surface area contributed by atoms with Crippen LogP contribution in [0.4, 0.5) is 11.6 Å². The van der Waals surface area contributed by atoms with Crippen LogP contribution in [0.2, 0.25) is 5.02 Å². The van der Waals surface area contributed by atoms with E-state index in [2.05, 4.69) is 51.5 Å². The maximum absolute atomic E-state index is 6.39. The van der Waals surface area contributed by atoms with Gasteiger partial charge in [0.2, 0.25) is 0 Å². The number of nitrogen functional groups attached to an aromatic ring is 1. The van der Waals surface area contributed by atoms with Crippen LogP contribution in [0.5, 0.6) is 0 Å². The normalized spacial score (nSPS) is 17.1. The van der Waals surface area contributed by atoms with Crippen LogP contribution in [0.15, 0.2) is 58.6 Å². The number of imidazole rings is 2. The van der Waals surface area contributed by atoms with Gasteiger partial charge in [-0.1, -0.05) is 47.1 Å². The van der Waals surface area contributed by atoms with Gasteiger partial charge < -0.3 is 10.6 Å². The number of aromatic nitrogens is 4. The van der Waals surface area contributed by atoms with Crippen molar-refractivity contribution in [3.05, 3.63) is 70.5 Å². The third-order valence-corrected chi connectivity index (χ3v) is 9.37. The topological polar surface area (TPSA) is 72.3 Å². The number of nitrogens with zero attached hydrogens (tertiary/aromatic N) is 5. The van der Waals surface area contributed by atoms with Crippen molar-refractivity contribution in [1.82, 2.24) is 19.4 Å². The largest absolute Gasteiger partial charge is 0.382 e. The van der Waals surface area contributed by atoms with Gasteiger partial charge in [-0.3, -0.25) is 4.40 Å². The fourth-order valence-electron chi connectivity index (χ4n) is 5.93. The van der Waals surface area contributed by atoms with E-state index in [1.54, 1.807) is 29.1 Å². The molecule has 176 valence electrons. The number of anilines is 2. The molecule has 0 radical (unpaired) electrons. The highest BCUT2D eigenvalue weighted by molar-refractivity contribution is 7.99. The highest BCUT2D eigenvalue weighted by Crippen LogP contribution is 2.46. The molecule has 1 aromatic carbocycles. The van der Waals surface area contributed by atoms with E-state index in [0.29, 0.717) is 16.3 Å². The van der Waals surface area contributed by atoms with E-state index in [-0.39, 0.29) is 0 Å². The second-order valence-corrected chi connectivity index (χ2v) is 11.5. The van der Waals surface area contributed by atoms with Crippen LogP contribution >= 0.6 is 23.4 Å². The lowest BCUT2D eigenvalue weighted by Crippen LogP contribution is -2.40. The van der Waals surface area contributed by atoms with Gasteiger partial charge in [-0.15, -0.1) is 0 Å². The molecule has 0 atom stereocenters. The second-order valence-electron chi connectivity index (χ2n) is 10.0. The molecule has 1 saturated heterocycles. The van der Waals surface area contributed by atoms with Gasteiger partial charge in [-0.2, -0.15) is 0 Å². The molecule has 6 nitrogen and oxygen atoms in total. The minimum atomic E-state index is 0.339. The van der Waals surface area contributed by atoms with E-state index < -0.39 is 0 Å². The minimum absolute atomic E-state index is 0.339. The average Bonchev–Trinajstić information content (AvgIpc) is 3.54. The first-order valence-electron chi connectivity index (χ1n) is 12.0. The maximum Gasteiger partial charge on any atom is 0.157 e. The second kappa shape index (κ2) is 7.73. The number of nitrogens with two attached hydrogens (primary N) is 1. The number of piperidine rings is 1. The van der Waals surface area contributed by atoms with Gasteiger partial charge in [-0.05, 0) is 67.3 Å². The molecule has 5 heterocycles. The Morgan fingerprint density at radius 2 is 1.83 bits per heavy atom. The Balaban J connectivity index is 1.16. The summed E-state index contributed by atoms with van der Waals surface area (Å²) in [6, 6.07) is 13.0. The van der Waals surface area contributed by atoms with Crippen LogP contribution in [0.25, 0.3) is 16.8 Å². The van der Waals surface area contributed by atoms with Gasteiger partial charge in [0.15, 0.2) is 11.5 Å². The predicted molar refractivity (Wildman–Crippen MR) is 142 cm³/mol. The Kier molecular flexibility index (Phi) is 4.70. The zero-order chi connectivity index (χ0) is 23.7. The molecule has 0 unspecified atom stereocenters. The van der Waals surface area contributed by atoms with Crippen molar-refractivity contribution in [2.45, 2.75) is 42.4 Å². The molecule has 0 saturated carbocycles. The lowest BCUT2D eigenvalue weighted by atomic mass is 9.76. The smallest absolute Gasteiger partial charge is 0.157 e. The SMILES string of the molecule is Cc1ccc2c(c1)CC1(CCN(c3nc4ccc(Sc5ccnc(N)c5Cl)c5ncc3n45)CC1)C2. The van der Waals surface area contributed by atoms with Crippen molar-refractivity contribution in [1.29, 1.82) is 0 Å². The zero-order valence-corrected chi connectivity index (χ0v) is 21.0. The highest BCUT2D eigenvalue weighted by Gasteiger charge is 2.40. The number of aryl methyl sites for hydroxylation is 1. The van der Waals surface area contributed by atoms with Gasteiger partial charge in [-0.25, -0.2) is 15.0 Å². The third kappa shape index (κ3) is 3.36. The highest BCUT2D eigenvalue weighted by atomic mass is 35.5. The summed E-state index contributed by atoms with van der Waals surface area (Å²) in [5.41, 5.74) is 13.7. The van der Waals surface area contributed by atoms with Crippen molar-refractivity contribution < 1.29 is 0 Å². The maximum atomic E-state index is 6.39. The van der Waals surface area contributed by atoms with E-state index >= 15 is 0 Å². The molecule has 7 rings (SSSR count). The quantitative estimate of drug-likeness (QED) is 0.337. The molecule has 1 aliphatic carbocycles. The van der Waals surface area contributed by atoms with Crippen molar-refractivity contribution in [2.24, 2.45) is 5.41 Å².